The molecule has 7 N–H and O–H groups in total. The zero-order chi connectivity index (χ0) is 28.6. The molecule has 8 atom stereocenters. The molecule has 226 valence electrons. The average Bonchev–Trinajstić information content (AvgIpc) is 2.89. The van der Waals surface area contributed by atoms with E-state index in [4.69, 9.17) is 9.26 Å². The van der Waals surface area contributed by atoms with Crippen molar-refractivity contribution in [1.82, 2.24) is 0 Å². The number of unbranched alkanes of at least 4 members (excludes halogenated alkanes) is 12. The van der Waals surface area contributed by atoms with Crippen molar-refractivity contribution in [1.29, 1.82) is 0 Å². The summed E-state index contributed by atoms with van der Waals surface area (Å²) in [7, 11) is -5.00. The maximum absolute atomic E-state index is 12.2. The van der Waals surface area contributed by atoms with Crippen LogP contribution < -0.4 is 0 Å². The third-order valence-electron chi connectivity index (χ3n) is 6.74. The highest BCUT2D eigenvalue weighted by Crippen LogP contribution is 2.47. The van der Waals surface area contributed by atoms with Crippen LogP contribution in [-0.4, -0.2) is 97.4 Å². The van der Waals surface area contributed by atoms with Gasteiger partial charge in [-0.25, -0.2) is 4.57 Å². The Bertz CT molecular complexity index is 665. The van der Waals surface area contributed by atoms with Crippen molar-refractivity contribution in [2.75, 3.05) is 13.2 Å². The number of phosphoric acid groups is 1. The zero-order valence-corrected chi connectivity index (χ0v) is 23.4. The standard InChI is InChI=1S/C25H49O12P/c1-2-3-4-5-6-7-8-9-10-11-12-13-14-15-19(27)36-18(16-26)17-35-38(33,34)37-25-23(31)21(29)20(28)22(30)24(25)32/h18,20-26,28-32H,2-17H2,1H3,(H,33,34)/t18-,20?,21-,22+,23-,24-,25?/m1/s1. The smallest absolute Gasteiger partial charge is 0.457 e. The summed E-state index contributed by atoms with van der Waals surface area (Å²) in [5.74, 6) is -0.595. The molecule has 12 nitrogen and oxygen atoms in total. The zero-order valence-electron chi connectivity index (χ0n) is 22.5. The number of rotatable bonds is 21. The van der Waals surface area contributed by atoms with Gasteiger partial charge in [0.15, 0.2) is 0 Å². The second-order valence-corrected chi connectivity index (χ2v) is 11.5. The number of hydrogen-bond acceptors (Lipinski definition) is 11. The molecule has 0 aromatic carbocycles. The van der Waals surface area contributed by atoms with Crippen molar-refractivity contribution in [3.8, 4) is 0 Å². The largest absolute Gasteiger partial charge is 0.472 e. The van der Waals surface area contributed by atoms with Crippen molar-refractivity contribution in [3.63, 3.8) is 0 Å². The lowest BCUT2D eigenvalue weighted by atomic mass is 9.85. The highest BCUT2D eigenvalue weighted by molar-refractivity contribution is 7.47. The maximum Gasteiger partial charge on any atom is 0.472 e. The van der Waals surface area contributed by atoms with Gasteiger partial charge in [0.2, 0.25) is 0 Å². The van der Waals surface area contributed by atoms with Crippen LogP contribution in [0.4, 0.5) is 0 Å². The Labute approximate surface area is 225 Å². The molecule has 0 aromatic heterocycles. The highest BCUT2D eigenvalue weighted by atomic mass is 31.2. The van der Waals surface area contributed by atoms with Crippen LogP contribution in [0.1, 0.15) is 96.8 Å². The summed E-state index contributed by atoms with van der Waals surface area (Å²) in [5, 5.41) is 58.2. The summed E-state index contributed by atoms with van der Waals surface area (Å²) in [5.41, 5.74) is 0. The molecule has 13 heteroatoms. The van der Waals surface area contributed by atoms with E-state index in [1.165, 1.54) is 57.8 Å². The van der Waals surface area contributed by atoms with Crippen LogP contribution in [0.3, 0.4) is 0 Å². The molecule has 0 aromatic rings. The van der Waals surface area contributed by atoms with Crippen molar-refractivity contribution in [2.24, 2.45) is 0 Å². The van der Waals surface area contributed by atoms with Gasteiger partial charge in [-0.15, -0.1) is 0 Å². The van der Waals surface area contributed by atoms with E-state index in [-0.39, 0.29) is 6.42 Å². The Balaban J connectivity index is 2.21. The molecule has 0 saturated heterocycles. The number of carbonyl (C=O) groups excluding carboxylic acids is 1. The van der Waals surface area contributed by atoms with Crippen LogP contribution in [0.2, 0.25) is 0 Å². The fourth-order valence-electron chi connectivity index (χ4n) is 4.34. The molecule has 1 fully saturated rings. The molecule has 3 unspecified atom stereocenters. The molecule has 0 spiro atoms. The third kappa shape index (κ3) is 13.6. The number of phosphoric ester groups is 1. The van der Waals surface area contributed by atoms with E-state index in [9.17, 15) is 44.9 Å². The van der Waals surface area contributed by atoms with Gasteiger partial charge in [0.05, 0.1) is 13.2 Å². The lowest BCUT2D eigenvalue weighted by Crippen LogP contribution is -2.64. The minimum absolute atomic E-state index is 0.125. The molecule has 0 heterocycles. The van der Waals surface area contributed by atoms with Gasteiger partial charge >= 0.3 is 13.8 Å². The maximum atomic E-state index is 12.2. The Morgan fingerprint density at radius 2 is 1.16 bits per heavy atom. The number of esters is 1. The topological polar surface area (TPSA) is 203 Å². The second kappa shape index (κ2) is 19.4. The monoisotopic (exact) mass is 572 g/mol. The quantitative estimate of drug-likeness (QED) is 0.0596. The number of carbonyl (C=O) groups is 1. The summed E-state index contributed by atoms with van der Waals surface area (Å²) in [4.78, 5) is 21.9. The van der Waals surface area contributed by atoms with Crippen LogP contribution in [0.5, 0.6) is 0 Å². The third-order valence-corrected chi connectivity index (χ3v) is 7.72. The van der Waals surface area contributed by atoms with Gasteiger partial charge in [0, 0.05) is 6.42 Å². The van der Waals surface area contributed by atoms with E-state index >= 15 is 0 Å². The lowest BCUT2D eigenvalue weighted by Gasteiger charge is -2.41. The van der Waals surface area contributed by atoms with E-state index < -0.39 is 69.7 Å². The number of aliphatic hydroxyl groups is 6. The van der Waals surface area contributed by atoms with Crippen molar-refractivity contribution in [2.45, 2.75) is 140 Å². The first-order valence-electron chi connectivity index (χ1n) is 13.9. The molecule has 0 aliphatic heterocycles. The molecule has 1 aliphatic rings. The van der Waals surface area contributed by atoms with Crippen molar-refractivity contribution >= 4 is 13.8 Å². The van der Waals surface area contributed by atoms with E-state index in [1.54, 1.807) is 0 Å². The van der Waals surface area contributed by atoms with Crippen molar-refractivity contribution < 1.29 is 58.7 Å². The molecule has 1 rings (SSSR count). The molecule has 1 saturated carbocycles. The SMILES string of the molecule is CCCCCCCCCCCCCCCC(=O)O[C@H](CO)COP(=O)(O)OC1[C@H](O)[C@H](O)C(O)[C@H](O)[C@H]1O. The van der Waals surface area contributed by atoms with Crippen LogP contribution in [0.15, 0.2) is 0 Å². The van der Waals surface area contributed by atoms with Crippen LogP contribution in [-0.2, 0) is 23.1 Å². The van der Waals surface area contributed by atoms with E-state index in [0.717, 1.165) is 19.3 Å². The lowest BCUT2D eigenvalue weighted by molar-refractivity contribution is -0.220. The Kier molecular flexibility index (Phi) is 18.1. The minimum atomic E-state index is -5.00. The van der Waals surface area contributed by atoms with E-state index in [0.29, 0.717) is 6.42 Å². The summed E-state index contributed by atoms with van der Waals surface area (Å²) in [6, 6.07) is 0. The molecular formula is C25H49O12P. The van der Waals surface area contributed by atoms with Crippen molar-refractivity contribution in [3.05, 3.63) is 0 Å². The minimum Gasteiger partial charge on any atom is -0.457 e. The average molecular weight is 573 g/mol. The summed E-state index contributed by atoms with van der Waals surface area (Å²) >= 11 is 0. The number of hydrogen-bond donors (Lipinski definition) is 7. The first kappa shape index (κ1) is 35.4. The summed E-state index contributed by atoms with van der Waals surface area (Å²) in [6.45, 7) is 0.805. The summed E-state index contributed by atoms with van der Waals surface area (Å²) < 4.78 is 26.7. The molecule has 0 amide bonds. The van der Waals surface area contributed by atoms with Gasteiger partial charge in [-0.05, 0) is 6.42 Å². The fraction of sp³-hybridized carbons (Fsp3) is 0.960. The highest BCUT2D eigenvalue weighted by Gasteiger charge is 2.51. The van der Waals surface area contributed by atoms with E-state index in [2.05, 4.69) is 11.4 Å². The normalized spacial score (nSPS) is 28.1. The van der Waals surface area contributed by atoms with Crippen LogP contribution in [0.25, 0.3) is 0 Å². The molecule has 0 bridgehead atoms. The molecule has 1 aliphatic carbocycles. The predicted molar refractivity (Wildman–Crippen MR) is 138 cm³/mol. The van der Waals surface area contributed by atoms with Gasteiger partial charge in [-0.1, -0.05) is 84.0 Å². The van der Waals surface area contributed by atoms with E-state index in [1.807, 2.05) is 0 Å². The van der Waals surface area contributed by atoms with Crippen LogP contribution >= 0.6 is 7.82 Å². The molecule has 0 radical (unpaired) electrons. The molecular weight excluding hydrogens is 523 g/mol. The Hall–Kier alpha value is -0.660. The fourth-order valence-corrected chi connectivity index (χ4v) is 5.31. The Morgan fingerprint density at radius 1 is 0.737 bits per heavy atom. The van der Waals surface area contributed by atoms with Gasteiger partial charge in [-0.2, -0.15) is 0 Å². The van der Waals surface area contributed by atoms with Crippen LogP contribution in [0, 0.1) is 0 Å². The first-order valence-corrected chi connectivity index (χ1v) is 15.4. The van der Waals surface area contributed by atoms with Gasteiger partial charge in [0.1, 0.15) is 42.7 Å². The van der Waals surface area contributed by atoms with Gasteiger partial charge in [0.25, 0.3) is 0 Å². The first-order chi connectivity index (χ1) is 18.0. The number of ether oxygens (including phenoxy) is 1. The van der Waals surface area contributed by atoms with Gasteiger partial charge in [-0.3, -0.25) is 13.8 Å². The predicted octanol–water partition coefficient (Wildman–Crippen LogP) is 1.69. The second-order valence-electron chi connectivity index (χ2n) is 10.1. The Morgan fingerprint density at radius 3 is 1.61 bits per heavy atom. The molecule has 38 heavy (non-hydrogen) atoms. The van der Waals surface area contributed by atoms with Gasteiger partial charge < -0.3 is 40.3 Å². The summed E-state index contributed by atoms with van der Waals surface area (Å²) in [6.07, 6.45) is 2.27. The number of aliphatic hydroxyl groups excluding tert-OH is 6.